The van der Waals surface area contributed by atoms with Gasteiger partial charge in [0.1, 0.15) is 17.5 Å². The van der Waals surface area contributed by atoms with Crippen molar-refractivity contribution in [2.24, 2.45) is 0 Å². The van der Waals surface area contributed by atoms with E-state index in [1.54, 1.807) is 25.0 Å². The van der Waals surface area contributed by atoms with Crippen LogP contribution in [0.4, 0.5) is 0 Å². The molecule has 168 valence electrons. The average Bonchev–Trinajstić information content (AvgIpc) is 2.75. The maximum absolute atomic E-state index is 13.0. The van der Waals surface area contributed by atoms with Crippen LogP contribution < -0.4 is 14.8 Å². The van der Waals surface area contributed by atoms with Gasteiger partial charge in [0.25, 0.3) is 0 Å². The molecule has 0 aliphatic heterocycles. The fraction of sp³-hybridized carbons (Fsp3) is 0.417. The molecule has 2 aromatic carbocycles. The molecule has 0 spiro atoms. The Morgan fingerprint density at radius 3 is 2.29 bits per heavy atom. The lowest BCUT2D eigenvalue weighted by Crippen LogP contribution is -2.49. The number of halogens is 1. The van der Waals surface area contributed by atoms with Gasteiger partial charge in [-0.3, -0.25) is 9.59 Å². The van der Waals surface area contributed by atoms with Gasteiger partial charge >= 0.3 is 0 Å². The highest BCUT2D eigenvalue weighted by atomic mass is 35.5. The van der Waals surface area contributed by atoms with Crippen molar-refractivity contribution < 1.29 is 19.1 Å². The maximum Gasteiger partial charge on any atom is 0.242 e. The molecule has 0 saturated carbocycles. The highest BCUT2D eigenvalue weighted by Gasteiger charge is 2.26. The van der Waals surface area contributed by atoms with Gasteiger partial charge in [-0.1, -0.05) is 29.8 Å². The molecule has 0 heterocycles. The molecular weight excluding hydrogens is 416 g/mol. The number of methoxy groups -OCH3 is 1. The number of hydrogen-bond acceptors (Lipinski definition) is 4. The molecule has 0 saturated heterocycles. The summed E-state index contributed by atoms with van der Waals surface area (Å²) in [5, 5.41) is 3.44. The van der Waals surface area contributed by atoms with E-state index in [-0.39, 0.29) is 30.8 Å². The largest absolute Gasteiger partial charge is 0.497 e. The first-order valence-electron chi connectivity index (χ1n) is 10.4. The number of carbonyl (C=O) groups is 2. The predicted molar refractivity (Wildman–Crippen MR) is 122 cm³/mol. The lowest BCUT2D eigenvalue weighted by Gasteiger charge is -2.29. The van der Waals surface area contributed by atoms with Crippen molar-refractivity contribution in [1.82, 2.24) is 10.2 Å². The van der Waals surface area contributed by atoms with Gasteiger partial charge in [-0.2, -0.15) is 0 Å². The number of carbonyl (C=O) groups excluding carboxylic acids is 2. The van der Waals surface area contributed by atoms with Crippen LogP contribution in [-0.4, -0.2) is 42.5 Å². The van der Waals surface area contributed by atoms with Crippen LogP contribution in [0.15, 0.2) is 48.5 Å². The van der Waals surface area contributed by atoms with Crippen LogP contribution in [-0.2, 0) is 16.1 Å². The Labute approximate surface area is 189 Å². The van der Waals surface area contributed by atoms with Gasteiger partial charge in [0.2, 0.25) is 11.8 Å². The van der Waals surface area contributed by atoms with Gasteiger partial charge in [-0.15, -0.1) is 0 Å². The van der Waals surface area contributed by atoms with Crippen molar-refractivity contribution in [3.8, 4) is 11.5 Å². The molecule has 2 amide bonds. The number of rotatable bonds is 11. The summed E-state index contributed by atoms with van der Waals surface area (Å²) < 4.78 is 10.8. The summed E-state index contributed by atoms with van der Waals surface area (Å²) in [5.74, 6) is 1.16. The molecule has 0 radical (unpaired) electrons. The Bertz CT molecular complexity index is 855. The molecule has 2 rings (SSSR count). The number of ether oxygens (including phenoxy) is 2. The van der Waals surface area contributed by atoms with E-state index in [1.807, 2.05) is 56.3 Å². The first kappa shape index (κ1) is 24.5. The quantitative estimate of drug-likeness (QED) is 0.518. The minimum absolute atomic E-state index is 0.00916. The third kappa shape index (κ3) is 7.79. The van der Waals surface area contributed by atoms with Gasteiger partial charge in [0, 0.05) is 24.0 Å². The Kier molecular flexibility index (Phi) is 9.66. The molecule has 1 unspecified atom stereocenters. The molecule has 0 bridgehead atoms. The molecule has 0 aliphatic carbocycles. The molecule has 31 heavy (non-hydrogen) atoms. The van der Waals surface area contributed by atoms with E-state index < -0.39 is 6.04 Å². The fourth-order valence-electron chi connectivity index (χ4n) is 3.03. The van der Waals surface area contributed by atoms with Crippen molar-refractivity contribution in [2.75, 3.05) is 13.7 Å². The number of amides is 2. The van der Waals surface area contributed by atoms with Crippen LogP contribution in [0.1, 0.15) is 39.2 Å². The molecule has 0 aromatic heterocycles. The zero-order chi connectivity index (χ0) is 22.8. The topological polar surface area (TPSA) is 67.9 Å². The lowest BCUT2D eigenvalue weighted by atomic mass is 10.1. The Morgan fingerprint density at radius 2 is 1.68 bits per heavy atom. The Hall–Kier alpha value is -2.73. The van der Waals surface area contributed by atoms with Gasteiger partial charge in [-0.05, 0) is 63.1 Å². The van der Waals surface area contributed by atoms with E-state index in [1.165, 1.54) is 0 Å². The summed E-state index contributed by atoms with van der Waals surface area (Å²) in [5.41, 5.74) is 0.802. The minimum Gasteiger partial charge on any atom is -0.497 e. The second-order valence-corrected chi connectivity index (χ2v) is 7.99. The standard InChI is InChI=1S/C24H31ClN2O4/c1-17(2)26-24(29)18(3)27(16-19-8-5-6-9-22(19)25)23(28)10-7-15-31-21-13-11-20(30-4)12-14-21/h5-6,8-9,11-14,17-18H,7,10,15-16H2,1-4H3,(H,26,29). The van der Waals surface area contributed by atoms with E-state index in [0.717, 1.165) is 11.3 Å². The van der Waals surface area contributed by atoms with Crippen LogP contribution in [0.5, 0.6) is 11.5 Å². The first-order chi connectivity index (χ1) is 14.8. The third-order valence-electron chi connectivity index (χ3n) is 4.76. The van der Waals surface area contributed by atoms with Crippen molar-refractivity contribution >= 4 is 23.4 Å². The number of hydrogen-bond donors (Lipinski definition) is 1. The van der Waals surface area contributed by atoms with Crippen LogP contribution in [0.3, 0.4) is 0 Å². The minimum atomic E-state index is -0.617. The molecule has 1 atom stereocenters. The second kappa shape index (κ2) is 12.2. The van der Waals surface area contributed by atoms with E-state index in [4.69, 9.17) is 21.1 Å². The molecular formula is C24H31ClN2O4. The van der Waals surface area contributed by atoms with E-state index >= 15 is 0 Å². The Balaban J connectivity index is 1.99. The summed E-state index contributed by atoms with van der Waals surface area (Å²) in [6.07, 6.45) is 0.794. The van der Waals surface area contributed by atoms with Crippen LogP contribution in [0.25, 0.3) is 0 Å². The van der Waals surface area contributed by atoms with Gasteiger partial charge in [-0.25, -0.2) is 0 Å². The van der Waals surface area contributed by atoms with Crippen LogP contribution in [0, 0.1) is 0 Å². The zero-order valence-corrected chi connectivity index (χ0v) is 19.3. The molecule has 7 heteroatoms. The van der Waals surface area contributed by atoms with Crippen molar-refractivity contribution in [3.05, 3.63) is 59.1 Å². The van der Waals surface area contributed by atoms with Gasteiger partial charge in [0.05, 0.1) is 13.7 Å². The second-order valence-electron chi connectivity index (χ2n) is 7.58. The molecule has 0 aliphatic rings. The summed E-state index contributed by atoms with van der Waals surface area (Å²) in [7, 11) is 1.61. The SMILES string of the molecule is COc1ccc(OCCCC(=O)N(Cc2ccccc2Cl)C(C)C(=O)NC(C)C)cc1. The van der Waals surface area contributed by atoms with E-state index in [0.29, 0.717) is 23.8 Å². The highest BCUT2D eigenvalue weighted by Crippen LogP contribution is 2.20. The molecule has 2 aromatic rings. The van der Waals surface area contributed by atoms with Gasteiger partial charge < -0.3 is 19.7 Å². The molecule has 0 fully saturated rings. The summed E-state index contributed by atoms with van der Waals surface area (Å²) in [4.78, 5) is 27.2. The fourth-order valence-corrected chi connectivity index (χ4v) is 3.22. The van der Waals surface area contributed by atoms with E-state index in [2.05, 4.69) is 5.32 Å². The number of nitrogens with zero attached hydrogens (tertiary/aromatic N) is 1. The lowest BCUT2D eigenvalue weighted by molar-refractivity contribution is -0.141. The normalized spacial score (nSPS) is 11.7. The van der Waals surface area contributed by atoms with Crippen LogP contribution >= 0.6 is 11.6 Å². The number of nitrogens with one attached hydrogen (secondary N) is 1. The van der Waals surface area contributed by atoms with E-state index in [9.17, 15) is 9.59 Å². The average molecular weight is 447 g/mol. The summed E-state index contributed by atoms with van der Waals surface area (Å²) >= 11 is 6.29. The monoisotopic (exact) mass is 446 g/mol. The number of benzene rings is 2. The highest BCUT2D eigenvalue weighted by molar-refractivity contribution is 6.31. The summed E-state index contributed by atoms with van der Waals surface area (Å²) in [6, 6.07) is 14.0. The van der Waals surface area contributed by atoms with Gasteiger partial charge in [0.15, 0.2) is 0 Å². The maximum atomic E-state index is 13.0. The smallest absolute Gasteiger partial charge is 0.242 e. The van der Waals surface area contributed by atoms with Crippen molar-refractivity contribution in [3.63, 3.8) is 0 Å². The van der Waals surface area contributed by atoms with Crippen molar-refractivity contribution in [2.45, 2.75) is 52.2 Å². The first-order valence-corrected chi connectivity index (χ1v) is 10.8. The summed E-state index contributed by atoms with van der Waals surface area (Å²) in [6.45, 7) is 6.18. The molecule has 1 N–H and O–H groups in total. The van der Waals surface area contributed by atoms with Crippen LogP contribution in [0.2, 0.25) is 5.02 Å². The predicted octanol–water partition coefficient (Wildman–Crippen LogP) is 4.45. The molecule has 6 nitrogen and oxygen atoms in total. The zero-order valence-electron chi connectivity index (χ0n) is 18.6. The van der Waals surface area contributed by atoms with Crippen molar-refractivity contribution in [1.29, 1.82) is 0 Å². The third-order valence-corrected chi connectivity index (χ3v) is 5.13. The Morgan fingerprint density at radius 1 is 1.03 bits per heavy atom.